The third-order valence-corrected chi connectivity index (χ3v) is 0.471. The van der Waals surface area contributed by atoms with E-state index in [1.165, 1.54) is 0 Å². The Kier molecular flexibility index (Phi) is 296. The minimum atomic E-state index is 0. The largest absolute Gasteiger partial charge is 0.359 e. The summed E-state index contributed by atoms with van der Waals surface area (Å²) in [6.07, 6.45) is 0. The zero-order valence-corrected chi connectivity index (χ0v) is 7.05. The maximum absolute atomic E-state index is 4.47. The Morgan fingerprint density at radius 1 is 0.438 bits per heavy atom. The topological polar surface area (TPSA) is 36.9 Å². The van der Waals surface area contributed by atoms with Gasteiger partial charge in [-0.15, -0.1) is 0 Å². The fourth-order valence-corrected chi connectivity index (χ4v) is 0.236. The van der Waals surface area contributed by atoms with Crippen LogP contribution in [0.15, 0.2) is 0 Å². The summed E-state index contributed by atoms with van der Waals surface area (Å²) in [6, 6.07) is 0. The number of hydrogen-bond acceptors (Lipinski definition) is 4. The van der Waals surface area contributed by atoms with Gasteiger partial charge in [0.15, 0.2) is 0 Å². The van der Waals surface area contributed by atoms with Crippen molar-refractivity contribution in [3.05, 3.63) is 0 Å². The Morgan fingerprint density at radius 2 is 0.562 bits per heavy atom. The van der Waals surface area contributed by atoms with Gasteiger partial charge in [0.2, 0.25) is 0 Å². The Hall–Kier alpha value is -0.160. The number of ether oxygens (including phenoxy) is 4. The lowest BCUT2D eigenvalue weighted by molar-refractivity contribution is -0.00282. The number of methoxy groups -OCH3 is 4. The molecule has 0 aliphatic rings. The molecule has 0 fully saturated rings. The minimum Gasteiger partial charge on any atom is -0.359 e. The van der Waals surface area contributed by atoms with E-state index in [0.717, 1.165) is 0 Å². The Bertz CT molecular complexity index is 34.0. The minimum absolute atomic E-state index is 0. The van der Waals surface area contributed by atoms with Crippen molar-refractivity contribution in [2.45, 2.75) is 44.6 Å². The molecule has 0 bridgehead atoms. The summed E-state index contributed by atoms with van der Waals surface area (Å²) >= 11 is 0. The summed E-state index contributed by atoms with van der Waals surface area (Å²) < 4.78 is 17.9. The van der Waals surface area contributed by atoms with Crippen LogP contribution in [0.4, 0.5) is 0 Å². The molecule has 0 aliphatic carbocycles. The van der Waals surface area contributed by atoms with Gasteiger partial charge in [-0.2, -0.15) is 0 Å². The van der Waals surface area contributed by atoms with Crippen molar-refractivity contribution in [2.75, 3.05) is 42.0 Å². The molecule has 0 amide bonds. The van der Waals surface area contributed by atoms with E-state index in [-0.39, 0.29) is 44.6 Å². The van der Waals surface area contributed by atoms with E-state index in [1.807, 2.05) is 0 Å². The van der Waals surface area contributed by atoms with Crippen molar-refractivity contribution in [1.29, 1.82) is 0 Å². The fourth-order valence-electron chi connectivity index (χ4n) is 0.236. The van der Waals surface area contributed by atoms with Gasteiger partial charge in [-0.3, -0.25) is 0 Å². The first-order chi connectivity index (χ1) is 4.83. The molecule has 4 nitrogen and oxygen atoms in total. The highest BCUT2D eigenvalue weighted by atomic mass is 16.7. The highest BCUT2D eigenvalue weighted by Crippen LogP contribution is 1.60. The van der Waals surface area contributed by atoms with E-state index in [4.69, 9.17) is 0 Å². The summed E-state index contributed by atoms with van der Waals surface area (Å²) in [5.41, 5.74) is 0. The molecule has 0 aromatic rings. The Balaban J connectivity index is -0.00000000970. The van der Waals surface area contributed by atoms with Gasteiger partial charge in [-0.25, -0.2) is 0 Å². The van der Waals surface area contributed by atoms with Gasteiger partial charge in [-0.05, 0) is 0 Å². The van der Waals surface area contributed by atoms with Crippen LogP contribution in [-0.2, 0) is 18.9 Å². The predicted molar refractivity (Wildman–Crippen MR) is 78.2 cm³/mol. The lowest BCUT2D eigenvalue weighted by Gasteiger charge is -1.87. The van der Waals surface area contributed by atoms with Crippen LogP contribution in [0.3, 0.4) is 0 Å². The van der Waals surface area contributed by atoms with E-state index >= 15 is 0 Å². The molecule has 0 saturated carbocycles. The van der Waals surface area contributed by atoms with Gasteiger partial charge in [0, 0.05) is 28.4 Å². The van der Waals surface area contributed by atoms with E-state index in [1.54, 1.807) is 28.4 Å². The maximum Gasteiger partial charge on any atom is 0.145 e. The van der Waals surface area contributed by atoms with Crippen molar-refractivity contribution in [3.8, 4) is 0 Å². The van der Waals surface area contributed by atoms with Crippen LogP contribution in [-0.4, -0.2) is 42.0 Å². The van der Waals surface area contributed by atoms with Gasteiger partial charge >= 0.3 is 0 Å². The van der Waals surface area contributed by atoms with E-state index < -0.39 is 0 Å². The van der Waals surface area contributed by atoms with Gasteiger partial charge < -0.3 is 18.9 Å². The molecular formula is C12H40O4. The third kappa shape index (κ3) is 155. The predicted octanol–water partition coefficient (Wildman–Crippen LogP) is 4.29. The molecule has 0 rings (SSSR count). The van der Waals surface area contributed by atoms with E-state index in [9.17, 15) is 0 Å². The van der Waals surface area contributed by atoms with Crippen molar-refractivity contribution < 1.29 is 18.9 Å². The highest BCUT2D eigenvalue weighted by Gasteiger charge is 1.63. The summed E-state index contributed by atoms with van der Waals surface area (Å²) in [4.78, 5) is 0. The first-order valence-corrected chi connectivity index (χ1v) is 2.79. The zero-order chi connectivity index (χ0) is 8.24. The SMILES string of the molecule is C.C.C.C.C.C.COCOC.COCOC. The Morgan fingerprint density at radius 3 is 0.562 bits per heavy atom. The lowest BCUT2D eigenvalue weighted by atomic mass is 11.4. The number of rotatable bonds is 4. The molecule has 0 radical (unpaired) electrons. The van der Waals surface area contributed by atoms with Crippen molar-refractivity contribution >= 4 is 0 Å². The molecule has 0 atom stereocenters. The highest BCUT2D eigenvalue weighted by molar-refractivity contribution is 3.85. The zero-order valence-electron chi connectivity index (χ0n) is 7.05. The summed E-state index contributed by atoms with van der Waals surface area (Å²) in [5, 5.41) is 0. The average Bonchev–Trinajstić information content (AvgIpc) is 1.93. The van der Waals surface area contributed by atoms with Gasteiger partial charge in [0.1, 0.15) is 13.6 Å². The third-order valence-electron chi connectivity index (χ3n) is 0.471. The van der Waals surface area contributed by atoms with E-state index in [2.05, 4.69) is 18.9 Å². The Labute approximate surface area is 106 Å². The van der Waals surface area contributed by atoms with Gasteiger partial charge in [-0.1, -0.05) is 44.6 Å². The van der Waals surface area contributed by atoms with Crippen LogP contribution in [0.2, 0.25) is 0 Å². The number of hydrogen-bond donors (Lipinski definition) is 0. The average molecular weight is 248 g/mol. The van der Waals surface area contributed by atoms with E-state index in [0.29, 0.717) is 13.6 Å². The summed E-state index contributed by atoms with van der Waals surface area (Å²) in [5.74, 6) is 0. The second-order valence-corrected chi connectivity index (χ2v) is 1.39. The first kappa shape index (κ1) is 56.8. The quantitative estimate of drug-likeness (QED) is 0.695. The molecule has 4 heteroatoms. The molecule has 0 aromatic carbocycles. The molecule has 0 spiro atoms. The molecule has 0 aliphatic heterocycles. The first-order valence-electron chi connectivity index (χ1n) is 2.79. The van der Waals surface area contributed by atoms with Gasteiger partial charge in [0.05, 0.1) is 0 Å². The monoisotopic (exact) mass is 248 g/mol. The molecule has 0 N–H and O–H groups in total. The summed E-state index contributed by atoms with van der Waals surface area (Å²) in [6.45, 7) is 0.778. The van der Waals surface area contributed by atoms with Crippen molar-refractivity contribution in [3.63, 3.8) is 0 Å². The fraction of sp³-hybridized carbons (Fsp3) is 1.00. The molecule has 0 saturated heterocycles. The molecular weight excluding hydrogens is 208 g/mol. The van der Waals surface area contributed by atoms with Crippen LogP contribution < -0.4 is 0 Å². The van der Waals surface area contributed by atoms with Crippen LogP contribution in [0, 0.1) is 0 Å². The second-order valence-electron chi connectivity index (χ2n) is 1.39. The molecule has 0 heterocycles. The van der Waals surface area contributed by atoms with Gasteiger partial charge in [0.25, 0.3) is 0 Å². The second kappa shape index (κ2) is 83.3. The van der Waals surface area contributed by atoms with Crippen LogP contribution >= 0.6 is 0 Å². The summed E-state index contributed by atoms with van der Waals surface area (Å²) in [7, 11) is 6.35. The van der Waals surface area contributed by atoms with Crippen molar-refractivity contribution in [2.24, 2.45) is 0 Å². The van der Waals surface area contributed by atoms with Crippen LogP contribution in [0.5, 0.6) is 0 Å². The maximum atomic E-state index is 4.47. The molecule has 112 valence electrons. The standard InChI is InChI=1S/2C3H8O2.6CH4/c2*1-4-3-5-2;;;;;;/h2*3H2,1-2H3;6*1H4. The van der Waals surface area contributed by atoms with Crippen molar-refractivity contribution in [1.82, 2.24) is 0 Å². The molecule has 16 heavy (non-hydrogen) atoms. The molecule has 0 aromatic heterocycles. The van der Waals surface area contributed by atoms with Crippen LogP contribution in [0.1, 0.15) is 44.6 Å². The smallest absolute Gasteiger partial charge is 0.145 e. The van der Waals surface area contributed by atoms with Crippen LogP contribution in [0.25, 0.3) is 0 Å². The lowest BCUT2D eigenvalue weighted by Crippen LogP contribution is -1.87. The molecule has 0 unspecified atom stereocenters. The normalized spacial score (nSPS) is 5.25.